The first-order valence-electron chi connectivity index (χ1n) is 10.2. The van der Waals surface area contributed by atoms with E-state index in [0.717, 1.165) is 22.3 Å². The summed E-state index contributed by atoms with van der Waals surface area (Å²) in [6.07, 6.45) is 1.84. The van der Waals surface area contributed by atoms with Gasteiger partial charge < -0.3 is 16.0 Å². The molecule has 0 fully saturated rings. The molecule has 8 heteroatoms. The van der Waals surface area contributed by atoms with Gasteiger partial charge >= 0.3 is 0 Å². The first-order chi connectivity index (χ1) is 15.4. The van der Waals surface area contributed by atoms with Crippen LogP contribution in [-0.2, 0) is 17.6 Å². The SMILES string of the molecule is Cc1[nH]c2ccc(F)cc2c1CC(=O)NCCc1nc(-c2ccccc2)ncc1C(N)=O. The molecule has 32 heavy (non-hydrogen) atoms. The number of carbonyl (C=O) groups is 2. The summed E-state index contributed by atoms with van der Waals surface area (Å²) in [4.78, 5) is 36.2. The third-order valence-electron chi connectivity index (χ3n) is 5.27. The number of primary amides is 1. The number of rotatable bonds is 7. The smallest absolute Gasteiger partial charge is 0.252 e. The van der Waals surface area contributed by atoms with Gasteiger partial charge in [-0.05, 0) is 30.7 Å². The lowest BCUT2D eigenvalue weighted by Crippen LogP contribution is -2.28. The van der Waals surface area contributed by atoms with Crippen LogP contribution in [0.25, 0.3) is 22.3 Å². The Morgan fingerprint density at radius 2 is 1.94 bits per heavy atom. The van der Waals surface area contributed by atoms with E-state index in [2.05, 4.69) is 20.3 Å². The number of halogens is 1. The van der Waals surface area contributed by atoms with Crippen molar-refractivity contribution >= 4 is 22.7 Å². The number of H-pyrrole nitrogens is 1. The molecule has 7 nitrogen and oxygen atoms in total. The van der Waals surface area contributed by atoms with Crippen LogP contribution < -0.4 is 11.1 Å². The average Bonchev–Trinajstić information content (AvgIpc) is 3.08. The van der Waals surface area contributed by atoms with Gasteiger partial charge in [-0.25, -0.2) is 14.4 Å². The van der Waals surface area contributed by atoms with Gasteiger partial charge in [-0.15, -0.1) is 0 Å². The van der Waals surface area contributed by atoms with Crippen LogP contribution in [0.15, 0.2) is 54.7 Å². The van der Waals surface area contributed by atoms with Gasteiger partial charge in [-0.1, -0.05) is 30.3 Å². The second-order valence-electron chi connectivity index (χ2n) is 7.48. The first kappa shape index (κ1) is 21.2. The molecule has 0 aliphatic heterocycles. The highest BCUT2D eigenvalue weighted by molar-refractivity contribution is 5.94. The number of nitrogens with zero attached hydrogens (tertiary/aromatic N) is 2. The Morgan fingerprint density at radius 1 is 1.16 bits per heavy atom. The maximum Gasteiger partial charge on any atom is 0.252 e. The van der Waals surface area contributed by atoms with Crippen molar-refractivity contribution in [3.8, 4) is 11.4 Å². The molecule has 0 unspecified atom stereocenters. The summed E-state index contributed by atoms with van der Waals surface area (Å²) < 4.78 is 13.6. The minimum Gasteiger partial charge on any atom is -0.365 e. The van der Waals surface area contributed by atoms with Gasteiger partial charge in [0.05, 0.1) is 17.7 Å². The fourth-order valence-electron chi connectivity index (χ4n) is 3.67. The van der Waals surface area contributed by atoms with Crippen molar-refractivity contribution < 1.29 is 14.0 Å². The molecule has 0 aliphatic rings. The molecule has 0 saturated heterocycles. The van der Waals surface area contributed by atoms with Crippen LogP contribution in [0.3, 0.4) is 0 Å². The van der Waals surface area contributed by atoms with E-state index in [1.165, 1.54) is 18.3 Å². The number of amides is 2. The summed E-state index contributed by atoms with van der Waals surface area (Å²) in [6, 6.07) is 13.8. The minimum absolute atomic E-state index is 0.108. The Labute approximate surface area is 183 Å². The summed E-state index contributed by atoms with van der Waals surface area (Å²) in [6.45, 7) is 2.12. The molecule has 2 aromatic heterocycles. The highest BCUT2D eigenvalue weighted by atomic mass is 19.1. The van der Waals surface area contributed by atoms with Crippen molar-refractivity contribution in [1.82, 2.24) is 20.3 Å². The molecule has 4 rings (SSSR count). The number of carbonyl (C=O) groups excluding carboxylic acids is 2. The Morgan fingerprint density at radius 3 is 2.69 bits per heavy atom. The van der Waals surface area contributed by atoms with Gasteiger partial charge in [0.25, 0.3) is 5.91 Å². The van der Waals surface area contributed by atoms with E-state index in [9.17, 15) is 14.0 Å². The number of aromatic nitrogens is 3. The summed E-state index contributed by atoms with van der Waals surface area (Å²) in [5.41, 5.74) is 9.33. The van der Waals surface area contributed by atoms with E-state index in [4.69, 9.17) is 5.73 Å². The fourth-order valence-corrected chi connectivity index (χ4v) is 3.67. The summed E-state index contributed by atoms with van der Waals surface area (Å²) >= 11 is 0. The number of hydrogen-bond donors (Lipinski definition) is 3. The summed E-state index contributed by atoms with van der Waals surface area (Å²) in [5, 5.41) is 3.53. The molecule has 4 N–H and O–H groups in total. The van der Waals surface area contributed by atoms with Gasteiger partial charge in [0.15, 0.2) is 5.82 Å². The third kappa shape index (κ3) is 4.49. The molecule has 0 saturated carbocycles. The van der Waals surface area contributed by atoms with Gasteiger partial charge in [-0.3, -0.25) is 9.59 Å². The second kappa shape index (κ2) is 8.97. The second-order valence-corrected chi connectivity index (χ2v) is 7.48. The van der Waals surface area contributed by atoms with E-state index in [1.807, 2.05) is 37.3 Å². The lowest BCUT2D eigenvalue weighted by Gasteiger charge is -2.10. The first-order valence-corrected chi connectivity index (χ1v) is 10.2. The van der Waals surface area contributed by atoms with E-state index >= 15 is 0 Å². The lowest BCUT2D eigenvalue weighted by molar-refractivity contribution is -0.120. The molecule has 2 amide bonds. The molecule has 0 radical (unpaired) electrons. The minimum atomic E-state index is -0.623. The number of fused-ring (bicyclic) bond motifs is 1. The van der Waals surface area contributed by atoms with Gasteiger partial charge in [-0.2, -0.15) is 0 Å². The van der Waals surface area contributed by atoms with Crippen LogP contribution in [0, 0.1) is 12.7 Å². The van der Waals surface area contributed by atoms with Crippen LogP contribution in [0.5, 0.6) is 0 Å². The normalized spacial score (nSPS) is 10.9. The maximum absolute atomic E-state index is 13.6. The number of aryl methyl sites for hydroxylation is 1. The Kier molecular flexibility index (Phi) is 5.93. The molecule has 4 aromatic rings. The standard InChI is InChI=1S/C24H22FN5O2/c1-14-17(18-11-16(25)7-8-20(18)29-14)12-22(31)27-10-9-21-19(23(26)32)13-28-24(30-21)15-5-3-2-4-6-15/h2-8,11,13,29H,9-10,12H2,1H3,(H2,26,32)(H,27,31). The highest BCUT2D eigenvalue weighted by Gasteiger charge is 2.15. The fraction of sp³-hybridized carbons (Fsp3) is 0.167. The molecule has 0 aliphatic carbocycles. The molecule has 0 bridgehead atoms. The topological polar surface area (TPSA) is 114 Å². The summed E-state index contributed by atoms with van der Waals surface area (Å²) in [7, 11) is 0. The van der Waals surface area contributed by atoms with Crippen molar-refractivity contribution in [2.75, 3.05) is 6.54 Å². The van der Waals surface area contributed by atoms with E-state index in [-0.39, 0.29) is 30.3 Å². The van der Waals surface area contributed by atoms with Crippen molar-refractivity contribution in [2.45, 2.75) is 19.8 Å². The zero-order valence-corrected chi connectivity index (χ0v) is 17.5. The number of benzene rings is 2. The molecular formula is C24H22FN5O2. The molecular weight excluding hydrogens is 409 g/mol. The van der Waals surface area contributed by atoms with E-state index < -0.39 is 5.91 Å². The average molecular weight is 431 g/mol. The summed E-state index contributed by atoms with van der Waals surface area (Å²) in [5.74, 6) is -0.706. The van der Waals surface area contributed by atoms with Crippen molar-refractivity contribution in [3.63, 3.8) is 0 Å². The number of nitrogens with one attached hydrogen (secondary N) is 2. The third-order valence-corrected chi connectivity index (χ3v) is 5.27. The van der Waals surface area contributed by atoms with Crippen molar-refractivity contribution in [2.24, 2.45) is 5.73 Å². The quantitative estimate of drug-likeness (QED) is 0.417. The van der Waals surface area contributed by atoms with Crippen LogP contribution in [0.1, 0.15) is 27.3 Å². The number of hydrogen-bond acceptors (Lipinski definition) is 4. The highest BCUT2D eigenvalue weighted by Crippen LogP contribution is 2.23. The van der Waals surface area contributed by atoms with Gasteiger partial charge in [0.2, 0.25) is 5.91 Å². The maximum atomic E-state index is 13.6. The van der Waals surface area contributed by atoms with Gasteiger partial charge in [0.1, 0.15) is 5.82 Å². The van der Waals surface area contributed by atoms with E-state index in [1.54, 1.807) is 6.07 Å². The largest absolute Gasteiger partial charge is 0.365 e. The van der Waals surface area contributed by atoms with Crippen molar-refractivity contribution in [1.29, 1.82) is 0 Å². The zero-order valence-electron chi connectivity index (χ0n) is 17.5. The van der Waals surface area contributed by atoms with Crippen LogP contribution in [0.4, 0.5) is 4.39 Å². The Balaban J connectivity index is 1.46. The van der Waals surface area contributed by atoms with Crippen LogP contribution >= 0.6 is 0 Å². The van der Waals surface area contributed by atoms with Crippen LogP contribution in [-0.4, -0.2) is 33.3 Å². The molecule has 0 spiro atoms. The number of nitrogens with two attached hydrogens (primary N) is 1. The Bertz CT molecular complexity index is 1300. The molecule has 2 heterocycles. The monoisotopic (exact) mass is 431 g/mol. The van der Waals surface area contributed by atoms with E-state index in [0.29, 0.717) is 23.3 Å². The predicted molar refractivity (Wildman–Crippen MR) is 119 cm³/mol. The van der Waals surface area contributed by atoms with Crippen molar-refractivity contribution in [3.05, 3.63) is 83.1 Å². The lowest BCUT2D eigenvalue weighted by atomic mass is 10.1. The molecule has 2 aromatic carbocycles. The Hall–Kier alpha value is -4.07. The zero-order chi connectivity index (χ0) is 22.7. The number of aromatic amines is 1. The molecule has 162 valence electrons. The van der Waals surface area contributed by atoms with Gasteiger partial charge in [0, 0.05) is 41.3 Å². The predicted octanol–water partition coefficient (Wildman–Crippen LogP) is 3.07. The van der Waals surface area contributed by atoms with Crippen LogP contribution in [0.2, 0.25) is 0 Å². The molecule has 0 atom stereocenters.